The Kier molecular flexibility index (Phi) is 4.34. The van der Waals surface area contributed by atoms with Crippen LogP contribution in [0.25, 0.3) is 0 Å². The van der Waals surface area contributed by atoms with E-state index in [0.29, 0.717) is 12.0 Å². The molecule has 1 aliphatic rings. The van der Waals surface area contributed by atoms with Crippen LogP contribution in [0.4, 0.5) is 0 Å². The van der Waals surface area contributed by atoms with Gasteiger partial charge in [-0.2, -0.15) is 0 Å². The Hall–Kier alpha value is -1.32. The highest BCUT2D eigenvalue weighted by atomic mass is 16.5. The fraction of sp³-hybridized carbons (Fsp3) is 0.636. The van der Waals surface area contributed by atoms with Crippen LogP contribution in [0.15, 0.2) is 11.6 Å². The second kappa shape index (κ2) is 5.53. The molecule has 4 heteroatoms. The zero-order valence-corrected chi connectivity index (χ0v) is 9.12. The van der Waals surface area contributed by atoms with Crippen LogP contribution in [-0.4, -0.2) is 25.2 Å². The molecule has 1 unspecified atom stereocenters. The van der Waals surface area contributed by atoms with Gasteiger partial charge >= 0.3 is 11.9 Å². The summed E-state index contributed by atoms with van der Waals surface area (Å²) >= 11 is 0. The molecule has 84 valence electrons. The lowest BCUT2D eigenvalue weighted by Gasteiger charge is -2.11. The Balaban J connectivity index is 2.62. The first kappa shape index (κ1) is 11.8. The van der Waals surface area contributed by atoms with E-state index in [4.69, 9.17) is 4.74 Å². The Labute approximate surface area is 89.2 Å². The maximum atomic E-state index is 11.1. The van der Waals surface area contributed by atoms with E-state index in [9.17, 15) is 9.59 Å². The summed E-state index contributed by atoms with van der Waals surface area (Å²) in [6, 6.07) is 0. The number of rotatable bonds is 2. The minimum atomic E-state index is -0.379. The van der Waals surface area contributed by atoms with Gasteiger partial charge in [-0.1, -0.05) is 0 Å². The van der Waals surface area contributed by atoms with Gasteiger partial charge in [0.05, 0.1) is 7.11 Å². The van der Waals surface area contributed by atoms with Gasteiger partial charge < -0.3 is 9.47 Å². The Morgan fingerprint density at radius 2 is 2.27 bits per heavy atom. The van der Waals surface area contributed by atoms with Crippen molar-refractivity contribution >= 4 is 11.9 Å². The quantitative estimate of drug-likeness (QED) is 0.515. The van der Waals surface area contributed by atoms with Gasteiger partial charge in [-0.25, -0.2) is 4.79 Å². The molecule has 1 atom stereocenters. The zero-order chi connectivity index (χ0) is 11.3. The van der Waals surface area contributed by atoms with Crippen molar-refractivity contribution in [1.29, 1.82) is 0 Å². The summed E-state index contributed by atoms with van der Waals surface area (Å²) in [7, 11) is 1.33. The van der Waals surface area contributed by atoms with E-state index in [1.54, 1.807) is 13.0 Å². The third kappa shape index (κ3) is 3.73. The van der Waals surface area contributed by atoms with Crippen molar-refractivity contribution in [2.24, 2.45) is 0 Å². The number of carbonyl (C=O) groups is 2. The van der Waals surface area contributed by atoms with Crippen molar-refractivity contribution in [2.45, 2.75) is 38.7 Å². The first-order valence-corrected chi connectivity index (χ1v) is 5.09. The van der Waals surface area contributed by atoms with Gasteiger partial charge in [0.1, 0.15) is 6.10 Å². The molecule has 0 saturated carbocycles. The maximum absolute atomic E-state index is 11.1. The molecule has 0 aliphatic carbocycles. The number of hydrogen-bond acceptors (Lipinski definition) is 4. The highest BCUT2D eigenvalue weighted by Gasteiger charge is 2.17. The molecule has 0 bridgehead atoms. The highest BCUT2D eigenvalue weighted by Crippen LogP contribution is 2.16. The number of esters is 2. The van der Waals surface area contributed by atoms with E-state index in [2.05, 4.69) is 4.74 Å². The van der Waals surface area contributed by atoms with Gasteiger partial charge in [-0.05, 0) is 32.3 Å². The summed E-state index contributed by atoms with van der Waals surface area (Å²) in [5.41, 5.74) is 0.484. The highest BCUT2D eigenvalue weighted by molar-refractivity contribution is 5.87. The van der Waals surface area contributed by atoms with Crippen molar-refractivity contribution in [3.8, 4) is 0 Å². The molecule has 15 heavy (non-hydrogen) atoms. The molecule has 4 nitrogen and oxygen atoms in total. The SMILES string of the molecule is COC(=O)C(C)=CC1CCCCC(=O)O1. The van der Waals surface area contributed by atoms with Gasteiger partial charge in [-0.3, -0.25) is 4.79 Å². The number of ether oxygens (including phenoxy) is 2. The molecule has 1 rings (SSSR count). The molecule has 0 aromatic heterocycles. The molecule has 0 N–H and O–H groups in total. The first-order chi connectivity index (χ1) is 7.13. The van der Waals surface area contributed by atoms with E-state index in [-0.39, 0.29) is 18.0 Å². The van der Waals surface area contributed by atoms with Crippen LogP contribution in [0, 0.1) is 0 Å². The van der Waals surface area contributed by atoms with Crippen LogP contribution in [0.5, 0.6) is 0 Å². The van der Waals surface area contributed by atoms with Crippen LogP contribution in [0.2, 0.25) is 0 Å². The molecule has 0 aromatic rings. The number of cyclic esters (lactones) is 1. The molecule has 1 aliphatic heterocycles. The lowest BCUT2D eigenvalue weighted by molar-refractivity contribution is -0.146. The Morgan fingerprint density at radius 1 is 1.53 bits per heavy atom. The first-order valence-electron chi connectivity index (χ1n) is 5.09. The van der Waals surface area contributed by atoms with Gasteiger partial charge in [0.25, 0.3) is 0 Å². The van der Waals surface area contributed by atoms with Crippen molar-refractivity contribution in [1.82, 2.24) is 0 Å². The minimum Gasteiger partial charge on any atom is -0.466 e. The van der Waals surface area contributed by atoms with Crippen molar-refractivity contribution < 1.29 is 19.1 Å². The topological polar surface area (TPSA) is 52.6 Å². The molecule has 1 fully saturated rings. The molecule has 0 aromatic carbocycles. The summed E-state index contributed by atoms with van der Waals surface area (Å²) in [5, 5.41) is 0. The molecule has 0 amide bonds. The second-order valence-corrected chi connectivity index (χ2v) is 3.62. The summed E-state index contributed by atoms with van der Waals surface area (Å²) in [4.78, 5) is 22.3. The number of methoxy groups -OCH3 is 1. The minimum absolute atomic E-state index is 0.189. The van der Waals surface area contributed by atoms with E-state index >= 15 is 0 Å². The van der Waals surface area contributed by atoms with Gasteiger partial charge in [-0.15, -0.1) is 0 Å². The van der Waals surface area contributed by atoms with Crippen LogP contribution in [-0.2, 0) is 19.1 Å². The molecule has 0 spiro atoms. The Bertz CT molecular complexity index is 280. The van der Waals surface area contributed by atoms with Crippen LogP contribution in [0.1, 0.15) is 32.6 Å². The van der Waals surface area contributed by atoms with Crippen LogP contribution < -0.4 is 0 Å². The lowest BCUT2D eigenvalue weighted by atomic mass is 10.1. The van der Waals surface area contributed by atoms with Crippen molar-refractivity contribution in [2.75, 3.05) is 7.11 Å². The summed E-state index contributed by atoms with van der Waals surface area (Å²) in [6.07, 6.45) is 4.44. The fourth-order valence-corrected chi connectivity index (χ4v) is 1.53. The molecule has 1 heterocycles. The number of hydrogen-bond donors (Lipinski definition) is 0. The smallest absolute Gasteiger partial charge is 0.333 e. The average Bonchev–Trinajstić information content (AvgIpc) is 2.41. The monoisotopic (exact) mass is 212 g/mol. The predicted octanol–water partition coefficient (Wildman–Crippen LogP) is 1.59. The van der Waals surface area contributed by atoms with Gasteiger partial charge in [0.15, 0.2) is 0 Å². The second-order valence-electron chi connectivity index (χ2n) is 3.62. The van der Waals surface area contributed by atoms with Gasteiger partial charge in [0.2, 0.25) is 0 Å². The number of carbonyl (C=O) groups excluding carboxylic acids is 2. The third-order valence-electron chi connectivity index (χ3n) is 2.35. The maximum Gasteiger partial charge on any atom is 0.333 e. The van der Waals surface area contributed by atoms with Crippen molar-refractivity contribution in [3.63, 3.8) is 0 Å². The van der Waals surface area contributed by atoms with E-state index in [0.717, 1.165) is 19.3 Å². The summed E-state index contributed by atoms with van der Waals surface area (Å²) in [6.45, 7) is 1.66. The summed E-state index contributed by atoms with van der Waals surface area (Å²) in [5.74, 6) is -0.568. The van der Waals surface area contributed by atoms with Crippen LogP contribution >= 0.6 is 0 Å². The zero-order valence-electron chi connectivity index (χ0n) is 9.12. The van der Waals surface area contributed by atoms with Gasteiger partial charge in [0, 0.05) is 12.0 Å². The standard InChI is InChI=1S/C11H16O4/c1-8(11(13)14-2)7-9-5-3-4-6-10(12)15-9/h7,9H,3-6H2,1-2H3. The fourth-order valence-electron chi connectivity index (χ4n) is 1.53. The predicted molar refractivity (Wildman–Crippen MR) is 54.1 cm³/mol. The largest absolute Gasteiger partial charge is 0.466 e. The average molecular weight is 212 g/mol. The van der Waals surface area contributed by atoms with Crippen molar-refractivity contribution in [3.05, 3.63) is 11.6 Å². The van der Waals surface area contributed by atoms with E-state index in [1.165, 1.54) is 7.11 Å². The summed E-state index contributed by atoms with van der Waals surface area (Å²) < 4.78 is 9.72. The van der Waals surface area contributed by atoms with Crippen LogP contribution in [0.3, 0.4) is 0 Å². The lowest BCUT2D eigenvalue weighted by Crippen LogP contribution is -2.15. The van der Waals surface area contributed by atoms with E-state index in [1.807, 2.05) is 0 Å². The Morgan fingerprint density at radius 3 is 2.93 bits per heavy atom. The molecule has 0 radical (unpaired) electrons. The molecular weight excluding hydrogens is 196 g/mol. The van der Waals surface area contributed by atoms with E-state index < -0.39 is 0 Å². The molecule has 1 saturated heterocycles. The molecular formula is C11H16O4. The third-order valence-corrected chi connectivity index (χ3v) is 2.35. The normalized spacial score (nSPS) is 22.9.